The van der Waals surface area contributed by atoms with Crippen molar-refractivity contribution < 1.29 is 19.1 Å². The van der Waals surface area contributed by atoms with Gasteiger partial charge in [0.25, 0.3) is 5.91 Å². The smallest absolute Gasteiger partial charge is 0.328 e. The van der Waals surface area contributed by atoms with Crippen molar-refractivity contribution in [3.8, 4) is 0 Å². The molecule has 0 aliphatic rings. The Kier molecular flexibility index (Phi) is 6.21. The average molecular weight is 377 g/mol. The van der Waals surface area contributed by atoms with Crippen LogP contribution in [0.25, 0.3) is 0 Å². The molecule has 2 rings (SSSR count). The van der Waals surface area contributed by atoms with Gasteiger partial charge in [-0.15, -0.1) is 0 Å². The summed E-state index contributed by atoms with van der Waals surface area (Å²) in [7, 11) is 1.86. The average Bonchev–Trinajstić information content (AvgIpc) is 2.87. The molecule has 1 N–H and O–H groups in total. The van der Waals surface area contributed by atoms with Crippen molar-refractivity contribution in [1.29, 1.82) is 0 Å². The molecule has 0 radical (unpaired) electrons. The molecule has 0 saturated heterocycles. The van der Waals surface area contributed by atoms with Crippen molar-refractivity contribution in [3.63, 3.8) is 0 Å². The number of carbonyl (C=O) groups excluding carboxylic acids is 3. The minimum Gasteiger partial charge on any atom is -0.456 e. The molecule has 0 spiro atoms. The fourth-order valence-corrected chi connectivity index (χ4v) is 2.54. The minimum atomic E-state index is -0.885. The van der Waals surface area contributed by atoms with E-state index in [0.29, 0.717) is 16.1 Å². The molecular weight excluding hydrogens is 356 g/mol. The van der Waals surface area contributed by atoms with Gasteiger partial charge in [0.05, 0.1) is 0 Å². The van der Waals surface area contributed by atoms with Crippen molar-refractivity contribution in [2.45, 2.75) is 26.8 Å². The number of hydrogen-bond acceptors (Lipinski definition) is 4. The molecule has 0 aliphatic heterocycles. The van der Waals surface area contributed by atoms with Gasteiger partial charge in [-0.05, 0) is 51.1 Å². The van der Waals surface area contributed by atoms with Gasteiger partial charge >= 0.3 is 5.97 Å². The highest BCUT2D eigenvalue weighted by Crippen LogP contribution is 2.14. The third-order valence-electron chi connectivity index (χ3n) is 4.23. The van der Waals surface area contributed by atoms with Gasteiger partial charge in [-0.25, -0.2) is 4.79 Å². The lowest BCUT2D eigenvalue weighted by Crippen LogP contribution is -2.40. The number of hydrogen-bond donors (Lipinski definition) is 1. The highest BCUT2D eigenvalue weighted by Gasteiger charge is 2.21. The lowest BCUT2D eigenvalue weighted by atomic mass is 10.1. The van der Waals surface area contributed by atoms with Crippen LogP contribution in [0, 0.1) is 13.8 Å². The topological polar surface area (TPSA) is 77.4 Å². The predicted octanol–water partition coefficient (Wildman–Crippen LogP) is 2.84. The highest BCUT2D eigenvalue weighted by molar-refractivity contribution is 6.30. The minimum absolute atomic E-state index is 0.282. The van der Waals surface area contributed by atoms with E-state index >= 15 is 0 Å². The second kappa shape index (κ2) is 8.19. The van der Waals surface area contributed by atoms with Crippen LogP contribution in [0.5, 0.6) is 0 Å². The van der Waals surface area contributed by atoms with E-state index in [4.69, 9.17) is 16.3 Å². The molecule has 7 heteroatoms. The summed E-state index contributed by atoms with van der Waals surface area (Å²) < 4.78 is 6.94. The molecule has 0 saturated carbocycles. The summed E-state index contributed by atoms with van der Waals surface area (Å²) in [6, 6.07) is 7.16. The lowest BCUT2D eigenvalue weighted by molar-refractivity contribution is -0.144. The number of aryl methyl sites for hydroxylation is 1. The number of aromatic nitrogens is 1. The van der Waals surface area contributed by atoms with Crippen molar-refractivity contribution in [2.75, 3.05) is 6.61 Å². The largest absolute Gasteiger partial charge is 0.456 e. The van der Waals surface area contributed by atoms with Crippen LogP contribution in [0.2, 0.25) is 5.02 Å². The Bertz CT molecular complexity index is 840. The summed E-state index contributed by atoms with van der Waals surface area (Å²) in [4.78, 5) is 36.4. The Hall–Kier alpha value is -2.60. The maximum absolute atomic E-state index is 12.2. The van der Waals surface area contributed by atoms with Crippen LogP contribution in [-0.4, -0.2) is 34.9 Å². The molecule has 1 atom stereocenters. The normalized spacial score (nSPS) is 11.7. The summed E-state index contributed by atoms with van der Waals surface area (Å²) in [5.41, 5.74) is 2.66. The Morgan fingerprint density at radius 1 is 1.19 bits per heavy atom. The third-order valence-corrected chi connectivity index (χ3v) is 4.48. The summed E-state index contributed by atoms with van der Waals surface area (Å²) in [6.45, 7) is 4.85. The van der Waals surface area contributed by atoms with Gasteiger partial charge in [-0.1, -0.05) is 11.6 Å². The second-order valence-corrected chi connectivity index (χ2v) is 6.51. The van der Waals surface area contributed by atoms with Gasteiger partial charge in [-0.2, -0.15) is 0 Å². The molecule has 0 bridgehead atoms. The van der Waals surface area contributed by atoms with Crippen molar-refractivity contribution >= 4 is 29.3 Å². The van der Waals surface area contributed by atoms with Crippen LogP contribution in [0.15, 0.2) is 30.3 Å². The number of ether oxygens (including phenoxy) is 1. The van der Waals surface area contributed by atoms with Gasteiger partial charge in [0, 0.05) is 34.6 Å². The zero-order chi connectivity index (χ0) is 19.4. The number of rotatable bonds is 6. The Balaban J connectivity index is 1.90. The van der Waals surface area contributed by atoms with E-state index in [0.717, 1.165) is 11.4 Å². The third kappa shape index (κ3) is 4.52. The van der Waals surface area contributed by atoms with Crippen LogP contribution in [-0.2, 0) is 16.6 Å². The van der Waals surface area contributed by atoms with Gasteiger partial charge < -0.3 is 14.6 Å². The van der Waals surface area contributed by atoms with Gasteiger partial charge in [0.15, 0.2) is 6.61 Å². The first-order chi connectivity index (χ1) is 12.2. The number of esters is 1. The summed E-state index contributed by atoms with van der Waals surface area (Å²) in [6.07, 6.45) is 0. The van der Waals surface area contributed by atoms with E-state index in [1.165, 1.54) is 6.92 Å². The fourth-order valence-electron chi connectivity index (χ4n) is 2.42. The van der Waals surface area contributed by atoms with E-state index < -0.39 is 17.9 Å². The molecule has 1 amide bonds. The molecule has 138 valence electrons. The fraction of sp³-hybridized carbons (Fsp3) is 0.316. The van der Waals surface area contributed by atoms with Crippen molar-refractivity contribution in [1.82, 2.24) is 9.88 Å². The number of nitrogens with one attached hydrogen (secondary N) is 1. The first kappa shape index (κ1) is 19.7. The van der Waals surface area contributed by atoms with Crippen molar-refractivity contribution in [3.05, 3.63) is 57.9 Å². The van der Waals surface area contributed by atoms with Crippen molar-refractivity contribution in [2.24, 2.45) is 7.05 Å². The van der Waals surface area contributed by atoms with E-state index in [1.807, 2.05) is 25.5 Å². The number of halogens is 1. The number of ketones is 1. The highest BCUT2D eigenvalue weighted by atomic mass is 35.5. The van der Waals surface area contributed by atoms with Crippen LogP contribution in [0.1, 0.15) is 39.0 Å². The maximum Gasteiger partial charge on any atom is 0.328 e. The SMILES string of the molecule is Cc1cc(C(=O)COC(=O)[C@H](C)NC(=O)c2ccc(Cl)cc2)c(C)n1C. The lowest BCUT2D eigenvalue weighted by Gasteiger charge is -2.13. The monoisotopic (exact) mass is 376 g/mol. The molecule has 1 heterocycles. The molecule has 0 aliphatic carbocycles. The second-order valence-electron chi connectivity index (χ2n) is 6.08. The van der Waals surface area contributed by atoms with Crippen LogP contribution >= 0.6 is 11.6 Å². The van der Waals surface area contributed by atoms with Crippen LogP contribution < -0.4 is 5.32 Å². The number of Topliss-reactive ketones (excluding diaryl/α,β-unsaturated/α-hetero) is 1. The summed E-state index contributed by atoms with van der Waals surface area (Å²) >= 11 is 5.78. The van der Waals surface area contributed by atoms with E-state index in [1.54, 1.807) is 30.3 Å². The zero-order valence-corrected chi connectivity index (χ0v) is 15.9. The van der Waals surface area contributed by atoms with Gasteiger partial charge in [-0.3, -0.25) is 9.59 Å². The quantitative estimate of drug-likeness (QED) is 0.621. The molecule has 26 heavy (non-hydrogen) atoms. The standard InChI is InChI=1S/C19H21ClN2O4/c1-11-9-16(13(3)22(11)4)17(23)10-26-19(25)12(2)21-18(24)14-5-7-15(20)8-6-14/h5-9,12H,10H2,1-4H3,(H,21,24)/t12-/m0/s1. The number of benzene rings is 1. The van der Waals surface area contributed by atoms with Crippen LogP contribution in [0.4, 0.5) is 0 Å². The number of amides is 1. The number of carbonyl (C=O) groups is 3. The van der Waals surface area contributed by atoms with E-state index in [9.17, 15) is 14.4 Å². The Labute approximate surface area is 157 Å². The van der Waals surface area contributed by atoms with Gasteiger partial charge in [0.1, 0.15) is 6.04 Å². The Morgan fingerprint density at radius 2 is 1.81 bits per heavy atom. The molecule has 1 aromatic carbocycles. The predicted molar refractivity (Wildman–Crippen MR) is 98.6 cm³/mol. The summed E-state index contributed by atoms with van der Waals surface area (Å²) in [5.74, 6) is -1.38. The maximum atomic E-state index is 12.2. The first-order valence-corrected chi connectivity index (χ1v) is 8.47. The molecule has 0 fully saturated rings. The molecule has 6 nitrogen and oxygen atoms in total. The van der Waals surface area contributed by atoms with E-state index in [2.05, 4.69) is 5.32 Å². The van der Waals surface area contributed by atoms with Crippen LogP contribution in [0.3, 0.4) is 0 Å². The zero-order valence-electron chi connectivity index (χ0n) is 15.1. The van der Waals surface area contributed by atoms with E-state index in [-0.39, 0.29) is 12.4 Å². The summed E-state index contributed by atoms with van der Waals surface area (Å²) in [5, 5.41) is 3.04. The number of nitrogens with zero attached hydrogens (tertiary/aromatic N) is 1. The Morgan fingerprint density at radius 3 is 2.35 bits per heavy atom. The first-order valence-electron chi connectivity index (χ1n) is 8.10. The molecule has 1 aromatic heterocycles. The molecular formula is C19H21ClN2O4. The molecule has 0 unspecified atom stereocenters. The molecule has 2 aromatic rings. The van der Waals surface area contributed by atoms with Gasteiger partial charge in [0.2, 0.25) is 5.78 Å².